The van der Waals surface area contributed by atoms with E-state index in [4.69, 9.17) is 0 Å². The van der Waals surface area contributed by atoms with Crippen molar-refractivity contribution in [3.8, 4) is 0 Å². The molecule has 1 fully saturated rings. The van der Waals surface area contributed by atoms with Crippen LogP contribution in [0.15, 0.2) is 84.3 Å². The second-order valence-electron chi connectivity index (χ2n) is 8.42. The lowest BCUT2D eigenvalue weighted by Crippen LogP contribution is -2.28. The number of sulfonamides is 1. The highest BCUT2D eigenvalue weighted by Crippen LogP contribution is 2.26. The molecule has 0 aliphatic carbocycles. The Labute approximate surface area is 201 Å². The van der Waals surface area contributed by atoms with Gasteiger partial charge in [-0.2, -0.15) is 0 Å². The van der Waals surface area contributed by atoms with Crippen molar-refractivity contribution in [2.75, 3.05) is 29.8 Å². The lowest BCUT2D eigenvalue weighted by Gasteiger charge is -2.24. The van der Waals surface area contributed by atoms with E-state index >= 15 is 0 Å². The highest BCUT2D eigenvalue weighted by Gasteiger charge is 2.18. The van der Waals surface area contributed by atoms with E-state index in [2.05, 4.69) is 21.8 Å². The number of rotatable bonds is 8. The molecule has 0 aromatic heterocycles. The van der Waals surface area contributed by atoms with Crippen molar-refractivity contribution in [1.82, 2.24) is 4.90 Å². The Kier molecular flexibility index (Phi) is 7.33. The number of hydrogen-bond acceptors (Lipinski definition) is 4. The van der Waals surface area contributed by atoms with Gasteiger partial charge in [0.25, 0.3) is 15.9 Å². The molecule has 4 rings (SSSR count). The van der Waals surface area contributed by atoms with Gasteiger partial charge in [0.1, 0.15) is 0 Å². The standard InChI is InChI=1S/C27H29N3O3S/c1-29(21-24-11-5-6-12-26(24)30-18-7-8-19-30)27(31)23-13-15-25(16-14-23)28-34(32,33)20-17-22-9-3-2-4-10-22/h2-6,9-17,20,28H,7-8,18-19,21H2,1H3/b20-17+. The molecular weight excluding hydrogens is 446 g/mol. The minimum absolute atomic E-state index is 0.116. The molecule has 0 saturated carbocycles. The molecule has 1 aliphatic rings. The Morgan fingerprint density at radius 2 is 1.59 bits per heavy atom. The molecule has 0 spiro atoms. The van der Waals surface area contributed by atoms with Crippen LogP contribution in [-0.2, 0) is 16.6 Å². The predicted octanol–water partition coefficient (Wildman–Crippen LogP) is 4.97. The van der Waals surface area contributed by atoms with Crippen LogP contribution in [0.4, 0.5) is 11.4 Å². The first kappa shape index (κ1) is 23.6. The zero-order valence-electron chi connectivity index (χ0n) is 19.2. The molecule has 7 heteroatoms. The Morgan fingerprint density at radius 3 is 2.29 bits per heavy atom. The van der Waals surface area contributed by atoms with E-state index in [9.17, 15) is 13.2 Å². The molecule has 1 N–H and O–H groups in total. The summed E-state index contributed by atoms with van der Waals surface area (Å²) in [5, 5.41) is 1.13. The van der Waals surface area contributed by atoms with Gasteiger partial charge < -0.3 is 9.80 Å². The lowest BCUT2D eigenvalue weighted by molar-refractivity contribution is 0.0785. The van der Waals surface area contributed by atoms with E-state index in [1.807, 2.05) is 42.5 Å². The molecule has 3 aromatic carbocycles. The number of amides is 1. The van der Waals surface area contributed by atoms with Crippen LogP contribution in [0.3, 0.4) is 0 Å². The van der Waals surface area contributed by atoms with E-state index in [0.29, 0.717) is 17.8 Å². The number of nitrogens with zero attached hydrogens (tertiary/aromatic N) is 2. The fourth-order valence-corrected chi connectivity index (χ4v) is 4.94. The van der Waals surface area contributed by atoms with Crippen molar-refractivity contribution >= 4 is 33.4 Å². The molecule has 1 amide bonds. The fourth-order valence-electron chi connectivity index (χ4n) is 4.07. The maximum absolute atomic E-state index is 13.0. The summed E-state index contributed by atoms with van der Waals surface area (Å²) in [6.45, 7) is 2.60. The van der Waals surface area contributed by atoms with Gasteiger partial charge in [0, 0.05) is 43.6 Å². The van der Waals surface area contributed by atoms with Crippen molar-refractivity contribution in [3.63, 3.8) is 0 Å². The average Bonchev–Trinajstić information content (AvgIpc) is 3.38. The Bertz CT molecular complexity index is 1250. The number of anilines is 2. The van der Waals surface area contributed by atoms with Gasteiger partial charge in [-0.1, -0.05) is 48.5 Å². The number of carbonyl (C=O) groups excluding carboxylic acids is 1. The van der Waals surface area contributed by atoms with Crippen molar-refractivity contribution in [2.24, 2.45) is 0 Å². The SMILES string of the molecule is CN(Cc1ccccc1N1CCCC1)C(=O)c1ccc(NS(=O)(=O)/C=C/c2ccccc2)cc1. The van der Waals surface area contributed by atoms with Gasteiger partial charge in [0.05, 0.1) is 5.41 Å². The lowest BCUT2D eigenvalue weighted by atomic mass is 10.1. The summed E-state index contributed by atoms with van der Waals surface area (Å²) in [5.41, 5.74) is 4.01. The molecular formula is C27H29N3O3S. The first-order valence-corrected chi connectivity index (χ1v) is 12.9. The quantitative estimate of drug-likeness (QED) is 0.499. The van der Waals surface area contributed by atoms with Crippen LogP contribution in [-0.4, -0.2) is 39.4 Å². The third-order valence-electron chi connectivity index (χ3n) is 5.82. The monoisotopic (exact) mass is 475 g/mol. The Hall–Kier alpha value is -3.58. The van der Waals surface area contributed by atoms with Gasteiger partial charge in [-0.25, -0.2) is 8.42 Å². The zero-order valence-corrected chi connectivity index (χ0v) is 20.0. The van der Waals surface area contributed by atoms with E-state index in [1.165, 1.54) is 24.6 Å². The summed E-state index contributed by atoms with van der Waals surface area (Å²) < 4.78 is 27.3. The summed E-state index contributed by atoms with van der Waals surface area (Å²) in [7, 11) is -1.88. The van der Waals surface area contributed by atoms with Crippen molar-refractivity contribution in [2.45, 2.75) is 19.4 Å². The number of benzene rings is 3. The highest BCUT2D eigenvalue weighted by atomic mass is 32.2. The Balaban J connectivity index is 1.40. The summed E-state index contributed by atoms with van der Waals surface area (Å²) in [4.78, 5) is 17.1. The molecule has 0 atom stereocenters. The number of hydrogen-bond donors (Lipinski definition) is 1. The van der Waals surface area contributed by atoms with Gasteiger partial charge >= 0.3 is 0 Å². The molecule has 0 bridgehead atoms. The Morgan fingerprint density at radius 1 is 0.941 bits per heavy atom. The molecule has 0 radical (unpaired) electrons. The summed E-state index contributed by atoms with van der Waals surface area (Å²) in [6.07, 6.45) is 3.93. The molecule has 176 valence electrons. The maximum atomic E-state index is 13.0. The smallest absolute Gasteiger partial charge is 0.255 e. The average molecular weight is 476 g/mol. The zero-order chi connectivity index (χ0) is 24.0. The van der Waals surface area contributed by atoms with E-state index in [1.54, 1.807) is 36.2 Å². The summed E-state index contributed by atoms with van der Waals surface area (Å²) >= 11 is 0. The van der Waals surface area contributed by atoms with Gasteiger partial charge in [0.2, 0.25) is 0 Å². The van der Waals surface area contributed by atoms with E-state index < -0.39 is 10.0 Å². The second-order valence-corrected chi connectivity index (χ2v) is 9.99. The molecule has 34 heavy (non-hydrogen) atoms. The van der Waals surface area contributed by atoms with Gasteiger partial charge in [-0.3, -0.25) is 9.52 Å². The van der Waals surface area contributed by atoms with Gasteiger partial charge in [-0.05, 0) is 60.4 Å². The minimum atomic E-state index is -3.67. The first-order valence-electron chi connectivity index (χ1n) is 11.4. The van der Waals surface area contributed by atoms with Crippen LogP contribution in [0, 0.1) is 0 Å². The largest absolute Gasteiger partial charge is 0.371 e. The number of nitrogens with one attached hydrogen (secondary N) is 1. The molecule has 1 saturated heterocycles. The van der Waals surface area contributed by atoms with Crippen LogP contribution in [0.5, 0.6) is 0 Å². The van der Waals surface area contributed by atoms with Gasteiger partial charge in [0.15, 0.2) is 0 Å². The molecule has 1 heterocycles. The number of para-hydroxylation sites is 1. The van der Waals surface area contributed by atoms with E-state index in [0.717, 1.165) is 29.6 Å². The molecule has 0 unspecified atom stereocenters. The fraction of sp³-hybridized carbons (Fsp3) is 0.222. The first-order chi connectivity index (χ1) is 16.4. The normalized spacial score (nSPS) is 13.9. The van der Waals surface area contributed by atoms with Crippen LogP contribution >= 0.6 is 0 Å². The number of carbonyl (C=O) groups is 1. The van der Waals surface area contributed by atoms with Crippen LogP contribution in [0.2, 0.25) is 0 Å². The van der Waals surface area contributed by atoms with Crippen molar-refractivity contribution < 1.29 is 13.2 Å². The predicted molar refractivity (Wildman–Crippen MR) is 138 cm³/mol. The van der Waals surface area contributed by atoms with Crippen molar-refractivity contribution in [1.29, 1.82) is 0 Å². The second kappa shape index (κ2) is 10.6. The minimum Gasteiger partial charge on any atom is -0.371 e. The maximum Gasteiger partial charge on any atom is 0.255 e. The van der Waals surface area contributed by atoms with Crippen LogP contribution in [0.25, 0.3) is 6.08 Å². The third-order valence-corrected chi connectivity index (χ3v) is 6.84. The summed E-state index contributed by atoms with van der Waals surface area (Å²) in [6, 6.07) is 23.9. The molecule has 1 aliphatic heterocycles. The molecule has 3 aromatic rings. The van der Waals surface area contributed by atoms with E-state index in [-0.39, 0.29) is 5.91 Å². The molecule has 6 nitrogen and oxygen atoms in total. The van der Waals surface area contributed by atoms with Crippen molar-refractivity contribution in [3.05, 3.63) is 101 Å². The van der Waals surface area contributed by atoms with Crippen LogP contribution < -0.4 is 9.62 Å². The topological polar surface area (TPSA) is 69.7 Å². The van der Waals surface area contributed by atoms with Crippen LogP contribution in [0.1, 0.15) is 34.3 Å². The third kappa shape index (κ3) is 6.05. The highest BCUT2D eigenvalue weighted by molar-refractivity contribution is 7.95. The summed E-state index contributed by atoms with van der Waals surface area (Å²) in [5.74, 6) is -0.116. The van der Waals surface area contributed by atoms with Gasteiger partial charge in [-0.15, -0.1) is 0 Å².